The normalized spacial score (nSPS) is 13.6. The average Bonchev–Trinajstić information content (AvgIpc) is 2.57. The molecule has 23 heavy (non-hydrogen) atoms. The minimum atomic E-state index is 0.0608. The Bertz CT molecular complexity index is 709. The van der Waals surface area contributed by atoms with Crippen LogP contribution in [0.2, 0.25) is 0 Å². The van der Waals surface area contributed by atoms with E-state index in [1.807, 2.05) is 25.1 Å². The number of amides is 1. The van der Waals surface area contributed by atoms with Crippen molar-refractivity contribution >= 4 is 17.3 Å². The first kappa shape index (κ1) is 15.6. The number of carbonyl (C=O) groups is 1. The molecule has 3 heteroatoms. The number of benzene rings is 2. The molecule has 0 saturated carbocycles. The van der Waals surface area contributed by atoms with Gasteiger partial charge in [-0.05, 0) is 48.9 Å². The van der Waals surface area contributed by atoms with E-state index in [0.717, 1.165) is 37.1 Å². The summed E-state index contributed by atoms with van der Waals surface area (Å²) in [6, 6.07) is 14.6. The van der Waals surface area contributed by atoms with Crippen molar-refractivity contribution in [2.75, 3.05) is 23.3 Å². The molecule has 1 aliphatic heterocycles. The first-order valence-electron chi connectivity index (χ1n) is 8.40. The van der Waals surface area contributed by atoms with Crippen LogP contribution in [0.4, 0.5) is 11.4 Å². The number of hydrogen-bond acceptors (Lipinski definition) is 2. The zero-order valence-corrected chi connectivity index (χ0v) is 13.9. The van der Waals surface area contributed by atoms with Crippen molar-refractivity contribution in [2.45, 2.75) is 33.1 Å². The lowest BCUT2D eigenvalue weighted by Gasteiger charge is -2.30. The molecule has 0 bridgehead atoms. The third kappa shape index (κ3) is 3.39. The van der Waals surface area contributed by atoms with Crippen LogP contribution in [0.15, 0.2) is 42.5 Å². The van der Waals surface area contributed by atoms with E-state index in [0.29, 0.717) is 6.54 Å². The van der Waals surface area contributed by atoms with Crippen molar-refractivity contribution in [3.63, 3.8) is 0 Å². The maximum absolute atomic E-state index is 12.6. The monoisotopic (exact) mass is 308 g/mol. The Kier molecular flexibility index (Phi) is 4.65. The van der Waals surface area contributed by atoms with Gasteiger partial charge in [0.2, 0.25) is 5.91 Å². The quantitative estimate of drug-likeness (QED) is 0.927. The lowest BCUT2D eigenvalue weighted by molar-refractivity contribution is -0.115. The maximum Gasteiger partial charge on any atom is 0.243 e. The highest BCUT2D eigenvalue weighted by molar-refractivity contribution is 5.95. The van der Waals surface area contributed by atoms with Crippen molar-refractivity contribution in [1.29, 1.82) is 0 Å². The minimum absolute atomic E-state index is 0.0608. The van der Waals surface area contributed by atoms with Crippen LogP contribution >= 0.6 is 0 Å². The standard InChI is InChI=1S/C20H24N2O/c1-3-16-10-6-8-15(2)20(16)21-19(23)14-22-13-7-11-17-9-4-5-12-18(17)22/h4-6,8-10,12H,3,7,11,13-14H2,1-2H3,(H,21,23). The van der Waals surface area contributed by atoms with Gasteiger partial charge in [0.25, 0.3) is 0 Å². The molecule has 1 N–H and O–H groups in total. The fraction of sp³-hybridized carbons (Fsp3) is 0.350. The summed E-state index contributed by atoms with van der Waals surface area (Å²) in [6.07, 6.45) is 3.13. The van der Waals surface area contributed by atoms with E-state index in [4.69, 9.17) is 0 Å². The molecular weight excluding hydrogens is 284 g/mol. The summed E-state index contributed by atoms with van der Waals surface area (Å²) in [4.78, 5) is 14.8. The van der Waals surface area contributed by atoms with Gasteiger partial charge in [0.05, 0.1) is 6.54 Å². The summed E-state index contributed by atoms with van der Waals surface area (Å²) in [7, 11) is 0. The molecule has 0 radical (unpaired) electrons. The number of para-hydroxylation sites is 2. The molecule has 0 unspecified atom stereocenters. The van der Waals surface area contributed by atoms with Crippen LogP contribution in [0.25, 0.3) is 0 Å². The Hall–Kier alpha value is -2.29. The zero-order chi connectivity index (χ0) is 16.2. The van der Waals surface area contributed by atoms with Gasteiger partial charge in [-0.25, -0.2) is 0 Å². The number of hydrogen-bond donors (Lipinski definition) is 1. The third-order valence-corrected chi connectivity index (χ3v) is 4.55. The topological polar surface area (TPSA) is 32.3 Å². The summed E-state index contributed by atoms with van der Waals surface area (Å²) < 4.78 is 0. The Morgan fingerprint density at radius 1 is 1.17 bits per heavy atom. The summed E-state index contributed by atoms with van der Waals surface area (Å²) in [5.74, 6) is 0.0608. The van der Waals surface area contributed by atoms with Crippen LogP contribution in [0.5, 0.6) is 0 Å². The first-order valence-corrected chi connectivity index (χ1v) is 8.40. The summed E-state index contributed by atoms with van der Waals surface area (Å²) in [6.45, 7) is 5.52. The average molecular weight is 308 g/mol. The number of nitrogens with one attached hydrogen (secondary N) is 1. The van der Waals surface area contributed by atoms with Gasteiger partial charge >= 0.3 is 0 Å². The van der Waals surface area contributed by atoms with Crippen molar-refractivity contribution in [1.82, 2.24) is 0 Å². The Labute approximate surface area is 138 Å². The number of nitrogens with zero attached hydrogens (tertiary/aromatic N) is 1. The fourth-order valence-electron chi connectivity index (χ4n) is 3.33. The third-order valence-electron chi connectivity index (χ3n) is 4.55. The molecule has 0 spiro atoms. The highest BCUT2D eigenvalue weighted by atomic mass is 16.2. The van der Waals surface area contributed by atoms with Crippen LogP contribution in [-0.4, -0.2) is 19.0 Å². The van der Waals surface area contributed by atoms with Crippen molar-refractivity contribution in [3.05, 3.63) is 59.2 Å². The molecule has 0 aliphatic carbocycles. The van der Waals surface area contributed by atoms with Crippen molar-refractivity contribution in [3.8, 4) is 0 Å². The smallest absolute Gasteiger partial charge is 0.243 e. The highest BCUT2D eigenvalue weighted by Crippen LogP contribution is 2.27. The fourth-order valence-corrected chi connectivity index (χ4v) is 3.33. The largest absolute Gasteiger partial charge is 0.362 e. The second-order valence-electron chi connectivity index (χ2n) is 6.16. The minimum Gasteiger partial charge on any atom is -0.362 e. The summed E-state index contributed by atoms with van der Waals surface area (Å²) in [5, 5.41) is 3.13. The maximum atomic E-state index is 12.6. The van der Waals surface area contributed by atoms with Gasteiger partial charge in [0.1, 0.15) is 0 Å². The van der Waals surface area contributed by atoms with E-state index in [1.165, 1.54) is 16.8 Å². The second-order valence-corrected chi connectivity index (χ2v) is 6.16. The van der Waals surface area contributed by atoms with Crippen LogP contribution in [0, 0.1) is 6.92 Å². The predicted octanol–water partition coefficient (Wildman–Crippen LogP) is 3.95. The Balaban J connectivity index is 1.74. The molecule has 1 aliphatic rings. The van der Waals surface area contributed by atoms with Gasteiger partial charge in [-0.2, -0.15) is 0 Å². The van der Waals surface area contributed by atoms with Crippen LogP contribution in [-0.2, 0) is 17.6 Å². The second kappa shape index (κ2) is 6.86. The van der Waals surface area contributed by atoms with E-state index >= 15 is 0 Å². The molecule has 0 fully saturated rings. The van der Waals surface area contributed by atoms with Gasteiger partial charge in [-0.1, -0.05) is 43.3 Å². The van der Waals surface area contributed by atoms with Crippen LogP contribution < -0.4 is 10.2 Å². The van der Waals surface area contributed by atoms with Gasteiger partial charge in [-0.3, -0.25) is 4.79 Å². The van der Waals surface area contributed by atoms with Gasteiger partial charge in [0.15, 0.2) is 0 Å². The highest BCUT2D eigenvalue weighted by Gasteiger charge is 2.19. The number of carbonyl (C=O) groups excluding carboxylic acids is 1. The molecule has 1 heterocycles. The first-order chi connectivity index (χ1) is 11.2. The van der Waals surface area contributed by atoms with Gasteiger partial charge in [-0.15, -0.1) is 0 Å². The molecule has 0 saturated heterocycles. The molecular formula is C20H24N2O. The molecule has 3 nitrogen and oxygen atoms in total. The summed E-state index contributed by atoms with van der Waals surface area (Å²) >= 11 is 0. The van der Waals surface area contributed by atoms with Crippen LogP contribution in [0.3, 0.4) is 0 Å². The summed E-state index contributed by atoms with van der Waals surface area (Å²) in [5.41, 5.74) is 5.84. The SMILES string of the molecule is CCc1cccc(C)c1NC(=O)CN1CCCc2ccccc21. The lowest BCUT2D eigenvalue weighted by atomic mass is 10.0. The number of aryl methyl sites for hydroxylation is 3. The van der Waals surface area contributed by atoms with E-state index in [-0.39, 0.29) is 5.91 Å². The molecule has 0 aromatic heterocycles. The number of rotatable bonds is 4. The van der Waals surface area contributed by atoms with E-state index in [9.17, 15) is 4.79 Å². The van der Waals surface area contributed by atoms with E-state index in [2.05, 4.69) is 41.4 Å². The number of anilines is 2. The molecule has 120 valence electrons. The molecule has 3 rings (SSSR count). The molecule has 1 amide bonds. The predicted molar refractivity (Wildman–Crippen MR) is 96.2 cm³/mol. The molecule has 2 aromatic carbocycles. The van der Waals surface area contributed by atoms with E-state index in [1.54, 1.807) is 0 Å². The number of fused-ring (bicyclic) bond motifs is 1. The lowest BCUT2D eigenvalue weighted by Crippen LogP contribution is -2.37. The molecule has 2 aromatic rings. The Morgan fingerprint density at radius 3 is 2.83 bits per heavy atom. The van der Waals surface area contributed by atoms with Crippen molar-refractivity contribution < 1.29 is 4.79 Å². The van der Waals surface area contributed by atoms with Gasteiger partial charge < -0.3 is 10.2 Å². The zero-order valence-electron chi connectivity index (χ0n) is 13.9. The van der Waals surface area contributed by atoms with Gasteiger partial charge in [0, 0.05) is 17.9 Å². The Morgan fingerprint density at radius 2 is 2.00 bits per heavy atom. The van der Waals surface area contributed by atoms with Crippen molar-refractivity contribution in [2.24, 2.45) is 0 Å². The van der Waals surface area contributed by atoms with E-state index < -0.39 is 0 Å². The molecule has 0 atom stereocenters. The van der Waals surface area contributed by atoms with Crippen LogP contribution in [0.1, 0.15) is 30.0 Å².